The highest BCUT2D eigenvalue weighted by molar-refractivity contribution is 8.00. The van der Waals surface area contributed by atoms with E-state index in [4.69, 9.17) is 4.74 Å². The Kier molecular flexibility index (Phi) is 7.47. The van der Waals surface area contributed by atoms with Gasteiger partial charge in [0, 0.05) is 24.5 Å². The third-order valence-electron chi connectivity index (χ3n) is 4.04. The van der Waals surface area contributed by atoms with Crippen molar-refractivity contribution in [3.05, 3.63) is 29.8 Å². The molecular weight excluding hydrogens is 354 g/mol. The van der Waals surface area contributed by atoms with E-state index < -0.39 is 0 Å². The Hall–Kier alpha value is -2.06. The standard InChI is InChI=1S/C18H25N3O4S/c1-13-4-6-14(7-5-13)19-16(22)11-20(2)12-17(23)21-8-9-26-15(10-21)18(24)25-3/h4-7,15H,8-12H2,1-3H3,(H,19,22)/t15-/m1/s1. The molecule has 0 saturated carbocycles. The van der Waals surface area contributed by atoms with Crippen LogP contribution in [0, 0.1) is 6.92 Å². The number of likely N-dealkylation sites (N-methyl/N-ethyl adjacent to an activating group) is 1. The van der Waals surface area contributed by atoms with Crippen LogP contribution < -0.4 is 5.32 Å². The largest absolute Gasteiger partial charge is 0.468 e. The number of thioether (sulfide) groups is 1. The number of anilines is 1. The molecule has 7 nitrogen and oxygen atoms in total. The number of hydrogen-bond acceptors (Lipinski definition) is 6. The minimum Gasteiger partial charge on any atom is -0.468 e. The van der Waals surface area contributed by atoms with Gasteiger partial charge in [0.2, 0.25) is 11.8 Å². The fourth-order valence-electron chi connectivity index (χ4n) is 2.62. The Balaban J connectivity index is 1.79. The molecule has 1 fully saturated rings. The second-order valence-electron chi connectivity index (χ2n) is 6.31. The lowest BCUT2D eigenvalue weighted by Crippen LogP contribution is -2.48. The van der Waals surface area contributed by atoms with Crippen molar-refractivity contribution in [2.45, 2.75) is 12.2 Å². The molecule has 2 amide bonds. The van der Waals surface area contributed by atoms with E-state index in [0.29, 0.717) is 18.8 Å². The molecule has 1 aliphatic rings. The van der Waals surface area contributed by atoms with Gasteiger partial charge in [-0.25, -0.2) is 0 Å². The van der Waals surface area contributed by atoms with Crippen LogP contribution in [0.15, 0.2) is 24.3 Å². The lowest BCUT2D eigenvalue weighted by Gasteiger charge is -2.32. The van der Waals surface area contributed by atoms with Crippen molar-refractivity contribution in [3.63, 3.8) is 0 Å². The first-order valence-corrected chi connectivity index (χ1v) is 9.46. The van der Waals surface area contributed by atoms with Crippen LogP contribution in [0.1, 0.15) is 5.56 Å². The van der Waals surface area contributed by atoms with Gasteiger partial charge in [0.25, 0.3) is 0 Å². The summed E-state index contributed by atoms with van der Waals surface area (Å²) >= 11 is 1.50. The molecule has 1 aromatic rings. The van der Waals surface area contributed by atoms with E-state index in [-0.39, 0.29) is 36.1 Å². The first kappa shape index (κ1) is 20.3. The molecule has 1 aliphatic heterocycles. The fourth-order valence-corrected chi connectivity index (χ4v) is 3.75. The van der Waals surface area contributed by atoms with Crippen molar-refractivity contribution in [1.82, 2.24) is 9.80 Å². The van der Waals surface area contributed by atoms with E-state index in [0.717, 1.165) is 11.3 Å². The average Bonchev–Trinajstić information content (AvgIpc) is 2.62. The highest BCUT2D eigenvalue weighted by Gasteiger charge is 2.30. The zero-order valence-electron chi connectivity index (χ0n) is 15.4. The summed E-state index contributed by atoms with van der Waals surface area (Å²) in [5.74, 6) is 0.123. The third kappa shape index (κ3) is 6.03. The SMILES string of the molecule is COC(=O)[C@H]1CN(C(=O)CN(C)CC(=O)Nc2ccc(C)cc2)CCS1. The lowest BCUT2D eigenvalue weighted by atomic mass is 10.2. The van der Waals surface area contributed by atoms with E-state index in [1.165, 1.54) is 18.9 Å². The molecule has 0 spiro atoms. The smallest absolute Gasteiger partial charge is 0.320 e. The number of nitrogens with one attached hydrogen (secondary N) is 1. The van der Waals surface area contributed by atoms with E-state index in [1.54, 1.807) is 16.8 Å². The number of rotatable bonds is 6. The first-order valence-electron chi connectivity index (χ1n) is 8.41. The van der Waals surface area contributed by atoms with Gasteiger partial charge in [-0.2, -0.15) is 0 Å². The number of carbonyl (C=O) groups excluding carboxylic acids is 3. The predicted molar refractivity (Wildman–Crippen MR) is 102 cm³/mol. The van der Waals surface area contributed by atoms with Crippen LogP contribution in [0.4, 0.5) is 5.69 Å². The lowest BCUT2D eigenvalue weighted by molar-refractivity contribution is -0.141. The Morgan fingerprint density at radius 3 is 2.62 bits per heavy atom. The number of ether oxygens (including phenoxy) is 1. The second kappa shape index (κ2) is 9.59. The highest BCUT2D eigenvalue weighted by Crippen LogP contribution is 2.19. The molecule has 142 valence electrons. The molecule has 0 unspecified atom stereocenters. The van der Waals surface area contributed by atoms with Crippen molar-refractivity contribution in [3.8, 4) is 0 Å². The molecule has 0 bridgehead atoms. The van der Waals surface area contributed by atoms with Crippen molar-refractivity contribution < 1.29 is 19.1 Å². The van der Waals surface area contributed by atoms with Crippen LogP contribution >= 0.6 is 11.8 Å². The first-order chi connectivity index (χ1) is 12.4. The highest BCUT2D eigenvalue weighted by atomic mass is 32.2. The summed E-state index contributed by atoms with van der Waals surface area (Å²) in [6.45, 7) is 3.16. The summed E-state index contributed by atoms with van der Waals surface area (Å²) < 4.78 is 4.75. The molecule has 0 aromatic heterocycles. The van der Waals surface area contributed by atoms with Crippen LogP contribution in [0.5, 0.6) is 0 Å². The van der Waals surface area contributed by atoms with Gasteiger partial charge in [-0.1, -0.05) is 17.7 Å². The zero-order valence-corrected chi connectivity index (χ0v) is 16.2. The number of hydrogen-bond donors (Lipinski definition) is 1. The normalized spacial score (nSPS) is 17.1. The van der Waals surface area contributed by atoms with Crippen molar-refractivity contribution in [2.75, 3.05) is 51.4 Å². The molecule has 1 N–H and O–H groups in total. The molecule has 0 aliphatic carbocycles. The topological polar surface area (TPSA) is 79.0 Å². The molecular formula is C18H25N3O4S. The van der Waals surface area contributed by atoms with Crippen molar-refractivity contribution >= 4 is 35.2 Å². The minimum atomic E-state index is -0.340. The Labute approximate surface area is 158 Å². The van der Waals surface area contributed by atoms with Crippen LogP contribution in [0.2, 0.25) is 0 Å². The maximum absolute atomic E-state index is 12.4. The van der Waals surface area contributed by atoms with Crippen LogP contribution in [-0.4, -0.2) is 78.9 Å². The van der Waals surface area contributed by atoms with E-state index in [9.17, 15) is 14.4 Å². The summed E-state index contributed by atoms with van der Waals surface area (Å²) in [4.78, 5) is 39.5. The van der Waals surface area contributed by atoms with Crippen LogP contribution in [0.3, 0.4) is 0 Å². The number of methoxy groups -OCH3 is 1. The summed E-state index contributed by atoms with van der Waals surface area (Å²) in [5.41, 5.74) is 1.85. The molecule has 2 rings (SSSR count). The number of nitrogens with zero attached hydrogens (tertiary/aromatic N) is 2. The maximum Gasteiger partial charge on any atom is 0.320 e. The summed E-state index contributed by atoms with van der Waals surface area (Å²) in [6, 6.07) is 7.54. The van der Waals surface area contributed by atoms with Gasteiger partial charge in [0.05, 0.1) is 20.2 Å². The van der Waals surface area contributed by atoms with Gasteiger partial charge in [0.15, 0.2) is 0 Å². The summed E-state index contributed by atoms with van der Waals surface area (Å²) in [6.07, 6.45) is 0. The van der Waals surface area contributed by atoms with Gasteiger partial charge in [-0.05, 0) is 26.1 Å². The summed E-state index contributed by atoms with van der Waals surface area (Å²) in [5, 5.41) is 2.47. The number of amides is 2. The van der Waals surface area contributed by atoms with Gasteiger partial charge in [0.1, 0.15) is 5.25 Å². The van der Waals surface area contributed by atoms with Gasteiger partial charge >= 0.3 is 5.97 Å². The zero-order chi connectivity index (χ0) is 19.1. The summed E-state index contributed by atoms with van der Waals surface area (Å²) in [7, 11) is 3.08. The molecule has 0 radical (unpaired) electrons. The Bertz CT molecular complexity index is 650. The molecule has 1 aromatic carbocycles. The fraction of sp³-hybridized carbons (Fsp3) is 0.500. The molecule has 1 atom stereocenters. The Morgan fingerprint density at radius 2 is 1.96 bits per heavy atom. The van der Waals surface area contributed by atoms with Crippen LogP contribution in [0.25, 0.3) is 0 Å². The quantitative estimate of drug-likeness (QED) is 0.743. The molecule has 8 heteroatoms. The number of esters is 1. The monoisotopic (exact) mass is 379 g/mol. The number of aryl methyl sites for hydroxylation is 1. The van der Waals surface area contributed by atoms with Gasteiger partial charge < -0.3 is 15.0 Å². The molecule has 1 heterocycles. The number of carbonyl (C=O) groups is 3. The van der Waals surface area contributed by atoms with Gasteiger partial charge in [-0.15, -0.1) is 11.8 Å². The van der Waals surface area contributed by atoms with Crippen molar-refractivity contribution in [2.24, 2.45) is 0 Å². The van der Waals surface area contributed by atoms with Crippen molar-refractivity contribution in [1.29, 1.82) is 0 Å². The van der Waals surface area contributed by atoms with Gasteiger partial charge in [-0.3, -0.25) is 19.3 Å². The third-order valence-corrected chi connectivity index (χ3v) is 5.20. The van der Waals surface area contributed by atoms with E-state index in [1.807, 2.05) is 31.2 Å². The molecule has 1 saturated heterocycles. The predicted octanol–water partition coefficient (Wildman–Crippen LogP) is 0.982. The molecule has 26 heavy (non-hydrogen) atoms. The van der Waals surface area contributed by atoms with E-state index >= 15 is 0 Å². The minimum absolute atomic E-state index is 0.0927. The van der Waals surface area contributed by atoms with Crippen LogP contribution in [-0.2, 0) is 19.1 Å². The maximum atomic E-state index is 12.4. The average molecular weight is 379 g/mol. The number of benzene rings is 1. The second-order valence-corrected chi connectivity index (χ2v) is 7.62. The Morgan fingerprint density at radius 1 is 1.27 bits per heavy atom. The van der Waals surface area contributed by atoms with E-state index in [2.05, 4.69) is 5.32 Å².